The van der Waals surface area contributed by atoms with Crippen LogP contribution in [0.1, 0.15) is 97.1 Å². The lowest BCUT2D eigenvalue weighted by Gasteiger charge is -2.36. The number of pyridine rings is 1. The molecular formula is C35H40FN4O7P. The van der Waals surface area contributed by atoms with Gasteiger partial charge in [-0.15, -0.1) is 0 Å². The molecule has 11 nitrogen and oxygen atoms in total. The molecule has 7 rings (SSSR count). The third-order valence-corrected chi connectivity index (χ3v) is 11.4. The van der Waals surface area contributed by atoms with Gasteiger partial charge in [0.05, 0.1) is 0 Å². The second kappa shape index (κ2) is 12.9. The number of rotatable bonds is 7. The minimum absolute atomic E-state index is 0.000495. The molecular weight excluding hydrogens is 638 g/mol. The van der Waals surface area contributed by atoms with E-state index >= 15 is 0 Å². The van der Waals surface area contributed by atoms with E-state index in [0.717, 1.165) is 50.5 Å². The van der Waals surface area contributed by atoms with Crippen LogP contribution in [0.15, 0.2) is 59.5 Å². The summed E-state index contributed by atoms with van der Waals surface area (Å²) in [5.74, 6) is -3.28. The summed E-state index contributed by atoms with van der Waals surface area (Å²) in [6.07, 6.45) is 8.80. The number of likely N-dealkylation sites (tertiary alicyclic amines) is 1. The van der Waals surface area contributed by atoms with E-state index in [2.05, 4.69) is 5.32 Å². The second-order valence-electron chi connectivity index (χ2n) is 13.8. The average molecular weight is 679 g/mol. The lowest BCUT2D eigenvalue weighted by atomic mass is 9.98. The molecule has 13 heteroatoms. The summed E-state index contributed by atoms with van der Waals surface area (Å²) in [7, 11) is -5.00. The van der Waals surface area contributed by atoms with Gasteiger partial charge in [-0.25, -0.2) is 4.39 Å². The Morgan fingerprint density at radius 2 is 1.62 bits per heavy atom. The van der Waals surface area contributed by atoms with Crippen LogP contribution < -0.4 is 10.9 Å². The van der Waals surface area contributed by atoms with Crippen molar-refractivity contribution in [2.45, 2.75) is 93.8 Å². The molecule has 3 N–H and O–H groups in total. The number of benzene rings is 2. The van der Waals surface area contributed by atoms with E-state index in [4.69, 9.17) is 0 Å². The first-order valence-electron chi connectivity index (χ1n) is 16.8. The van der Waals surface area contributed by atoms with Gasteiger partial charge in [0.25, 0.3) is 11.5 Å². The second-order valence-corrected chi connectivity index (χ2v) is 15.4. The molecule has 4 fully saturated rings. The third kappa shape index (κ3) is 6.45. The summed E-state index contributed by atoms with van der Waals surface area (Å²) < 4.78 is 27.6. The van der Waals surface area contributed by atoms with Gasteiger partial charge in [-0.1, -0.05) is 31.0 Å². The quantitative estimate of drug-likeness (QED) is 0.311. The molecule has 4 heterocycles. The van der Waals surface area contributed by atoms with Crippen LogP contribution in [0.3, 0.4) is 0 Å². The zero-order valence-electron chi connectivity index (χ0n) is 26.5. The Hall–Kier alpha value is -3.86. The van der Waals surface area contributed by atoms with Crippen LogP contribution in [0, 0.1) is 0 Å². The highest BCUT2D eigenvalue weighted by molar-refractivity contribution is 7.51. The molecule has 5 atom stereocenters. The molecule has 254 valence electrons. The minimum Gasteiger partial charge on any atom is -0.340 e. The van der Waals surface area contributed by atoms with Crippen molar-refractivity contribution in [3.8, 4) is 0 Å². The largest absolute Gasteiger partial charge is 0.363 e. The van der Waals surface area contributed by atoms with Gasteiger partial charge in [0.1, 0.15) is 12.1 Å². The van der Waals surface area contributed by atoms with Crippen molar-refractivity contribution in [2.75, 3.05) is 13.1 Å². The molecule has 0 spiro atoms. The van der Waals surface area contributed by atoms with E-state index in [1.54, 1.807) is 27.7 Å². The number of halogens is 1. The van der Waals surface area contributed by atoms with Crippen LogP contribution in [0.2, 0.25) is 0 Å². The third-order valence-electron chi connectivity index (χ3n) is 10.5. The maximum Gasteiger partial charge on any atom is 0.363 e. The molecule has 2 unspecified atom stereocenters. The lowest BCUT2D eigenvalue weighted by Crippen LogP contribution is -2.56. The summed E-state index contributed by atoms with van der Waals surface area (Å²) in [5.41, 5.74) is 0.973. The summed E-state index contributed by atoms with van der Waals surface area (Å²) in [6, 6.07) is 11.4. The number of carbonyl (C=O) groups is 3. The number of nitrogens with one attached hydrogen (secondary N) is 1. The van der Waals surface area contributed by atoms with Gasteiger partial charge in [-0.2, -0.15) is 0 Å². The van der Waals surface area contributed by atoms with E-state index in [1.807, 2.05) is 17.2 Å². The van der Waals surface area contributed by atoms with E-state index in [0.29, 0.717) is 42.7 Å². The highest BCUT2D eigenvalue weighted by Crippen LogP contribution is 2.53. The van der Waals surface area contributed by atoms with Gasteiger partial charge in [0, 0.05) is 48.9 Å². The molecule has 3 saturated heterocycles. The SMILES string of the molecule is O=C(N[C@H]1CCCC[C@H]2CC[C@@H](C(=O)N3CCC(c4ccn(C5CC5)c(=O)c4)C3)N2C1=O)c1ccc2ccc(C(F)P(=O)(O)O)cc2c1. The molecule has 1 aromatic heterocycles. The minimum atomic E-state index is -5.00. The molecule has 3 amide bonds. The standard InChI is InChI=1S/C35H40FN4O7P/c36-32(48(45,46)47)23-7-5-21-6-8-24(18-26(21)17-23)33(42)37-29-4-2-1-3-28-11-12-30(40(28)34(29)43)35(44)38-15-13-25(20-38)22-14-16-39(27-9-10-27)31(41)19-22/h5-8,14,16-19,25,27-30,32H,1-4,9-13,15,20H2,(H,37,42)(H2,45,46,47)/t25?,28-,29-,30-,32?/m0/s1. The molecule has 1 saturated carbocycles. The number of aromatic nitrogens is 1. The average Bonchev–Trinajstić information content (AvgIpc) is 3.62. The van der Waals surface area contributed by atoms with Gasteiger partial charge in [0.2, 0.25) is 17.7 Å². The number of carbonyl (C=O) groups excluding carboxylic acids is 3. The topological polar surface area (TPSA) is 149 Å². The van der Waals surface area contributed by atoms with Gasteiger partial charge < -0.3 is 29.5 Å². The molecule has 2 aromatic carbocycles. The van der Waals surface area contributed by atoms with E-state index in [-0.39, 0.29) is 40.5 Å². The van der Waals surface area contributed by atoms with Gasteiger partial charge in [0.15, 0.2) is 0 Å². The highest BCUT2D eigenvalue weighted by Gasteiger charge is 2.46. The summed E-state index contributed by atoms with van der Waals surface area (Å²) in [5, 5.41) is 3.97. The Labute approximate surface area is 277 Å². The summed E-state index contributed by atoms with van der Waals surface area (Å²) in [6.45, 7) is 1.05. The van der Waals surface area contributed by atoms with Crippen LogP contribution in [-0.4, -0.2) is 73.1 Å². The number of hydrogen-bond donors (Lipinski definition) is 3. The smallest absolute Gasteiger partial charge is 0.340 e. The predicted molar refractivity (Wildman–Crippen MR) is 176 cm³/mol. The van der Waals surface area contributed by atoms with Crippen molar-refractivity contribution >= 4 is 36.1 Å². The molecule has 1 aliphatic carbocycles. The molecule has 0 bridgehead atoms. The van der Waals surface area contributed by atoms with Crippen LogP contribution >= 0.6 is 7.60 Å². The first-order chi connectivity index (χ1) is 23.0. The van der Waals surface area contributed by atoms with Crippen molar-refractivity contribution < 1.29 is 33.1 Å². The molecule has 3 aromatic rings. The zero-order valence-corrected chi connectivity index (χ0v) is 27.4. The fraction of sp³-hybridized carbons (Fsp3) is 0.486. The Morgan fingerprint density at radius 1 is 0.875 bits per heavy atom. The maximum absolute atomic E-state index is 14.4. The van der Waals surface area contributed by atoms with Crippen molar-refractivity contribution in [2.24, 2.45) is 0 Å². The monoisotopic (exact) mass is 678 g/mol. The fourth-order valence-corrected chi connectivity index (χ4v) is 8.30. The normalized spacial score (nSPS) is 25.4. The van der Waals surface area contributed by atoms with Crippen LogP contribution in [0.5, 0.6) is 0 Å². The Morgan fingerprint density at radius 3 is 2.38 bits per heavy atom. The van der Waals surface area contributed by atoms with Crippen molar-refractivity contribution in [3.63, 3.8) is 0 Å². The van der Waals surface area contributed by atoms with Crippen LogP contribution in [0.4, 0.5) is 4.39 Å². The van der Waals surface area contributed by atoms with Gasteiger partial charge in [-0.3, -0.25) is 23.7 Å². The fourth-order valence-electron chi connectivity index (χ4n) is 7.76. The Kier molecular flexibility index (Phi) is 8.76. The van der Waals surface area contributed by atoms with Crippen LogP contribution in [0.25, 0.3) is 10.8 Å². The van der Waals surface area contributed by atoms with Crippen molar-refractivity contribution in [1.29, 1.82) is 0 Å². The Bertz CT molecular complexity index is 1870. The number of alkyl halides is 1. The maximum atomic E-state index is 14.4. The molecule has 48 heavy (non-hydrogen) atoms. The highest BCUT2D eigenvalue weighted by atomic mass is 31.2. The van der Waals surface area contributed by atoms with E-state index in [9.17, 15) is 37.9 Å². The van der Waals surface area contributed by atoms with Crippen molar-refractivity contribution in [1.82, 2.24) is 19.7 Å². The summed E-state index contributed by atoms with van der Waals surface area (Å²) in [4.78, 5) is 76.3. The first kappa shape index (κ1) is 32.7. The molecule has 0 radical (unpaired) electrons. The van der Waals surface area contributed by atoms with Crippen LogP contribution in [-0.2, 0) is 14.2 Å². The lowest BCUT2D eigenvalue weighted by molar-refractivity contribution is -0.146. The first-order valence-corrected chi connectivity index (χ1v) is 18.5. The molecule has 4 aliphatic rings. The summed E-state index contributed by atoms with van der Waals surface area (Å²) >= 11 is 0. The number of fused-ring (bicyclic) bond motifs is 2. The van der Waals surface area contributed by atoms with Crippen molar-refractivity contribution in [3.05, 3.63) is 81.8 Å². The zero-order chi connectivity index (χ0) is 33.7. The van der Waals surface area contributed by atoms with Gasteiger partial charge in [-0.05, 0) is 91.1 Å². The van der Waals surface area contributed by atoms with E-state index < -0.39 is 31.5 Å². The predicted octanol–water partition coefficient (Wildman–Crippen LogP) is 4.53. The Balaban J connectivity index is 1.05. The molecule has 3 aliphatic heterocycles. The number of hydrogen-bond acceptors (Lipinski definition) is 5. The number of nitrogens with zero attached hydrogens (tertiary/aromatic N) is 3. The van der Waals surface area contributed by atoms with E-state index in [1.165, 1.54) is 24.3 Å². The van der Waals surface area contributed by atoms with Gasteiger partial charge >= 0.3 is 7.60 Å². The number of amides is 3.